The summed E-state index contributed by atoms with van der Waals surface area (Å²) in [6, 6.07) is 11.4. The van der Waals surface area contributed by atoms with Crippen LogP contribution in [0.5, 0.6) is 11.5 Å². The van der Waals surface area contributed by atoms with Gasteiger partial charge in [-0.2, -0.15) is 0 Å². The fourth-order valence-electron chi connectivity index (χ4n) is 4.32. The summed E-state index contributed by atoms with van der Waals surface area (Å²) in [6.07, 6.45) is 6.75. The highest BCUT2D eigenvalue weighted by Gasteiger charge is 2.37. The highest BCUT2D eigenvalue weighted by molar-refractivity contribution is 7.48. The van der Waals surface area contributed by atoms with Gasteiger partial charge in [0.05, 0.1) is 0 Å². The summed E-state index contributed by atoms with van der Waals surface area (Å²) in [5.74, 6) is 0.673. The SMILES string of the molecule is Cc1cc(-c2ccncc2)c2c(c1C)-c1c(C)c(C)cc(-c3ccncc3)c1OP(=O)(O)O2. The van der Waals surface area contributed by atoms with Gasteiger partial charge in [-0.3, -0.25) is 14.9 Å². The van der Waals surface area contributed by atoms with Gasteiger partial charge in [-0.25, -0.2) is 4.57 Å². The monoisotopic (exact) mass is 458 g/mol. The van der Waals surface area contributed by atoms with Gasteiger partial charge in [0, 0.05) is 47.0 Å². The second kappa shape index (κ2) is 7.84. The van der Waals surface area contributed by atoms with Crippen LogP contribution in [-0.4, -0.2) is 14.9 Å². The number of nitrogens with zero attached hydrogens (tertiary/aromatic N) is 2. The first-order valence-corrected chi connectivity index (χ1v) is 12.1. The molecule has 33 heavy (non-hydrogen) atoms. The molecule has 1 aliphatic heterocycles. The molecule has 3 heterocycles. The van der Waals surface area contributed by atoms with Crippen LogP contribution < -0.4 is 9.05 Å². The largest absolute Gasteiger partial charge is 0.584 e. The summed E-state index contributed by atoms with van der Waals surface area (Å²) in [6.45, 7) is 8.05. The smallest absolute Gasteiger partial charge is 0.394 e. The van der Waals surface area contributed by atoms with E-state index in [1.165, 1.54) is 0 Å². The number of benzene rings is 2. The minimum absolute atomic E-state index is 0.336. The van der Waals surface area contributed by atoms with Crippen molar-refractivity contribution in [3.63, 3.8) is 0 Å². The molecule has 0 amide bonds. The molecule has 0 aliphatic carbocycles. The standard InChI is InChI=1S/C26H23N2O4P/c1-15-13-21(19-5-9-27-10-6-19)25-23(17(15)3)24-18(4)16(2)14-22(20-7-11-28-12-8-20)26(24)32-33(29,30)31-25/h5-14H,1-4H3,(H,29,30). The first-order chi connectivity index (χ1) is 15.8. The summed E-state index contributed by atoms with van der Waals surface area (Å²) < 4.78 is 24.8. The lowest BCUT2D eigenvalue weighted by atomic mass is 9.85. The molecule has 0 radical (unpaired) electrons. The molecule has 1 aliphatic rings. The number of phosphoric ester groups is 1. The Bertz CT molecular complexity index is 1330. The van der Waals surface area contributed by atoms with Crippen LogP contribution in [0.4, 0.5) is 0 Å². The van der Waals surface area contributed by atoms with Gasteiger partial charge in [-0.15, -0.1) is 0 Å². The van der Waals surface area contributed by atoms with Crippen LogP contribution in [0.3, 0.4) is 0 Å². The van der Waals surface area contributed by atoms with Gasteiger partial charge < -0.3 is 9.05 Å². The van der Waals surface area contributed by atoms with Crippen molar-refractivity contribution in [1.29, 1.82) is 0 Å². The predicted octanol–water partition coefficient (Wildman–Crippen LogP) is 6.58. The van der Waals surface area contributed by atoms with Crippen LogP contribution in [0.1, 0.15) is 22.3 Å². The molecule has 2 aromatic carbocycles. The number of aromatic nitrogens is 2. The van der Waals surface area contributed by atoms with Crippen LogP contribution in [-0.2, 0) is 4.57 Å². The van der Waals surface area contributed by atoms with E-state index in [9.17, 15) is 9.46 Å². The Morgan fingerprint density at radius 2 is 1.06 bits per heavy atom. The molecule has 0 saturated carbocycles. The number of fused-ring (bicyclic) bond motifs is 3. The molecule has 1 N–H and O–H groups in total. The quantitative estimate of drug-likeness (QED) is 0.342. The summed E-state index contributed by atoms with van der Waals surface area (Å²) in [5, 5.41) is 0. The van der Waals surface area contributed by atoms with Gasteiger partial charge in [-0.1, -0.05) is 0 Å². The molecule has 166 valence electrons. The lowest BCUT2D eigenvalue weighted by Crippen LogP contribution is -2.00. The lowest BCUT2D eigenvalue weighted by molar-refractivity contribution is 0.295. The predicted molar refractivity (Wildman–Crippen MR) is 128 cm³/mol. The van der Waals surface area contributed by atoms with E-state index >= 15 is 0 Å². The number of rotatable bonds is 2. The summed E-state index contributed by atoms with van der Waals surface area (Å²) in [5.41, 5.74) is 8.64. The van der Waals surface area contributed by atoms with Gasteiger partial charge in [0.15, 0.2) is 0 Å². The molecule has 0 spiro atoms. The zero-order valence-corrected chi connectivity index (χ0v) is 19.7. The van der Waals surface area contributed by atoms with Gasteiger partial charge in [0.25, 0.3) is 0 Å². The first kappa shape index (κ1) is 21.4. The number of phosphoric acid groups is 1. The Morgan fingerprint density at radius 1 is 0.697 bits per heavy atom. The minimum Gasteiger partial charge on any atom is -0.394 e. The van der Waals surface area contributed by atoms with Gasteiger partial charge in [0.2, 0.25) is 0 Å². The number of pyridine rings is 2. The summed E-state index contributed by atoms with van der Waals surface area (Å²) in [7, 11) is -4.49. The third-order valence-corrected chi connectivity index (χ3v) is 7.07. The maximum Gasteiger partial charge on any atom is 0.584 e. The van der Waals surface area contributed by atoms with E-state index in [2.05, 4.69) is 9.97 Å². The Labute approximate surface area is 192 Å². The average Bonchev–Trinajstić information content (AvgIpc) is 2.93. The van der Waals surface area contributed by atoms with Crippen molar-refractivity contribution >= 4 is 7.82 Å². The molecular formula is C26H23N2O4P. The normalized spacial score (nSPS) is 13.8. The Balaban J connectivity index is 1.95. The second-order valence-electron chi connectivity index (χ2n) is 8.26. The van der Waals surface area contributed by atoms with Crippen molar-refractivity contribution in [2.75, 3.05) is 0 Å². The van der Waals surface area contributed by atoms with E-state index in [-0.39, 0.29) is 0 Å². The fraction of sp³-hybridized carbons (Fsp3) is 0.154. The van der Waals surface area contributed by atoms with Gasteiger partial charge >= 0.3 is 7.82 Å². The zero-order chi connectivity index (χ0) is 23.3. The highest BCUT2D eigenvalue weighted by atomic mass is 31.2. The van der Waals surface area contributed by atoms with Crippen LogP contribution in [0.15, 0.2) is 61.2 Å². The maximum atomic E-state index is 13.2. The van der Waals surface area contributed by atoms with E-state index in [4.69, 9.17) is 9.05 Å². The van der Waals surface area contributed by atoms with Crippen molar-refractivity contribution in [3.8, 4) is 44.9 Å². The number of aryl methyl sites for hydroxylation is 2. The first-order valence-electron chi connectivity index (χ1n) is 10.6. The van der Waals surface area contributed by atoms with Gasteiger partial charge in [0.1, 0.15) is 11.5 Å². The third kappa shape index (κ3) is 3.62. The molecule has 0 saturated heterocycles. The van der Waals surface area contributed by atoms with E-state index < -0.39 is 7.82 Å². The van der Waals surface area contributed by atoms with E-state index in [0.29, 0.717) is 22.6 Å². The van der Waals surface area contributed by atoms with Crippen molar-refractivity contribution in [1.82, 2.24) is 9.97 Å². The van der Waals surface area contributed by atoms with Gasteiger partial charge in [-0.05, 0) is 97.5 Å². The van der Waals surface area contributed by atoms with Crippen molar-refractivity contribution in [2.24, 2.45) is 0 Å². The van der Waals surface area contributed by atoms with Crippen LogP contribution in [0, 0.1) is 27.7 Å². The molecule has 7 heteroatoms. The Morgan fingerprint density at radius 3 is 1.42 bits per heavy atom. The van der Waals surface area contributed by atoms with E-state index in [1.807, 2.05) is 64.1 Å². The average molecular weight is 458 g/mol. The molecule has 0 unspecified atom stereocenters. The van der Waals surface area contributed by atoms with Crippen molar-refractivity contribution < 1.29 is 18.5 Å². The molecule has 2 aromatic heterocycles. The van der Waals surface area contributed by atoms with Crippen LogP contribution in [0.25, 0.3) is 33.4 Å². The minimum atomic E-state index is -4.49. The molecule has 0 fully saturated rings. The molecule has 0 atom stereocenters. The maximum absolute atomic E-state index is 13.2. The molecule has 6 nitrogen and oxygen atoms in total. The second-order valence-corrected chi connectivity index (χ2v) is 9.57. The number of hydrogen-bond acceptors (Lipinski definition) is 5. The van der Waals surface area contributed by atoms with Crippen molar-refractivity contribution in [2.45, 2.75) is 27.7 Å². The zero-order valence-electron chi connectivity index (χ0n) is 18.8. The molecular weight excluding hydrogens is 435 g/mol. The Kier molecular flexibility index (Phi) is 5.08. The van der Waals surface area contributed by atoms with E-state index in [0.717, 1.165) is 44.5 Å². The lowest BCUT2D eigenvalue weighted by Gasteiger charge is -2.20. The van der Waals surface area contributed by atoms with Crippen LogP contribution >= 0.6 is 7.82 Å². The Hall–Kier alpha value is -3.47. The number of hydrogen-bond donors (Lipinski definition) is 1. The molecule has 5 rings (SSSR count). The fourth-order valence-corrected chi connectivity index (χ4v) is 5.20. The summed E-state index contributed by atoms with van der Waals surface area (Å²) in [4.78, 5) is 19.0. The molecule has 4 aromatic rings. The summed E-state index contributed by atoms with van der Waals surface area (Å²) >= 11 is 0. The third-order valence-electron chi connectivity index (χ3n) is 6.24. The van der Waals surface area contributed by atoms with Crippen molar-refractivity contribution in [3.05, 3.63) is 83.4 Å². The van der Waals surface area contributed by atoms with Crippen LogP contribution in [0.2, 0.25) is 0 Å². The van der Waals surface area contributed by atoms with E-state index in [1.54, 1.807) is 24.8 Å². The topological polar surface area (TPSA) is 81.5 Å². The molecule has 0 bridgehead atoms. The highest BCUT2D eigenvalue weighted by Crippen LogP contribution is 2.60.